The largest absolute Gasteiger partial charge is 0.296 e. The summed E-state index contributed by atoms with van der Waals surface area (Å²) in [6.45, 7) is 7.84. The first-order valence-electron chi connectivity index (χ1n) is 7.26. The van der Waals surface area contributed by atoms with Crippen LogP contribution in [0.1, 0.15) is 25.0 Å². The highest BCUT2D eigenvalue weighted by atomic mass is 32.2. The molecule has 1 fully saturated rings. The molecule has 1 aliphatic rings. The monoisotopic (exact) mass is 308 g/mol. The molecule has 0 amide bonds. The lowest BCUT2D eigenvalue weighted by Crippen LogP contribution is -2.47. The van der Waals surface area contributed by atoms with Gasteiger partial charge in [-0.1, -0.05) is 35.9 Å². The topological polar surface area (TPSA) is 40.6 Å². The minimum Gasteiger partial charge on any atom is -0.296 e. The summed E-state index contributed by atoms with van der Waals surface area (Å²) < 4.78 is 24.5. The zero-order valence-corrected chi connectivity index (χ0v) is 13.9. The van der Waals surface area contributed by atoms with Crippen molar-refractivity contribution in [2.75, 3.05) is 32.4 Å². The van der Waals surface area contributed by atoms with Crippen LogP contribution in [0.5, 0.6) is 0 Å². The van der Waals surface area contributed by atoms with Gasteiger partial charge in [0.25, 0.3) is 0 Å². The van der Waals surface area contributed by atoms with Crippen molar-refractivity contribution in [1.29, 1.82) is 0 Å². The van der Waals surface area contributed by atoms with Gasteiger partial charge in [0.15, 0.2) is 0 Å². The number of sulfonamides is 1. The Kier molecular flexibility index (Phi) is 5.19. The van der Waals surface area contributed by atoms with Crippen LogP contribution in [0.25, 0.3) is 6.08 Å². The first-order valence-corrected chi connectivity index (χ1v) is 9.11. The maximum atomic E-state index is 11.5. The molecule has 0 spiro atoms. The Balaban J connectivity index is 1.90. The number of benzene rings is 1. The molecule has 1 heterocycles. The summed E-state index contributed by atoms with van der Waals surface area (Å²) in [6, 6.07) is 8.57. The highest BCUT2D eigenvalue weighted by Gasteiger charge is 2.23. The van der Waals surface area contributed by atoms with Crippen molar-refractivity contribution in [2.45, 2.75) is 20.4 Å². The van der Waals surface area contributed by atoms with E-state index in [0.717, 1.165) is 19.6 Å². The summed E-state index contributed by atoms with van der Waals surface area (Å²) in [6.07, 6.45) is 3.44. The van der Waals surface area contributed by atoms with Gasteiger partial charge in [0, 0.05) is 32.7 Å². The van der Waals surface area contributed by atoms with E-state index in [1.165, 1.54) is 23.0 Å². The van der Waals surface area contributed by atoms with Crippen molar-refractivity contribution in [3.63, 3.8) is 0 Å². The number of allylic oxidation sites excluding steroid dienone is 1. The molecule has 21 heavy (non-hydrogen) atoms. The maximum Gasteiger partial charge on any atom is 0.211 e. The Morgan fingerprint density at radius 1 is 1.10 bits per heavy atom. The molecule has 1 aromatic rings. The summed E-state index contributed by atoms with van der Waals surface area (Å²) in [5, 5.41) is 0. The van der Waals surface area contributed by atoms with E-state index in [2.05, 4.69) is 49.1 Å². The highest BCUT2D eigenvalue weighted by molar-refractivity contribution is 7.88. The lowest BCUT2D eigenvalue weighted by Gasteiger charge is -2.33. The molecule has 1 saturated heterocycles. The Morgan fingerprint density at radius 2 is 1.67 bits per heavy atom. The van der Waals surface area contributed by atoms with Crippen LogP contribution in [-0.4, -0.2) is 50.1 Å². The van der Waals surface area contributed by atoms with E-state index < -0.39 is 10.0 Å². The lowest BCUT2D eigenvalue weighted by atomic mass is 10.1. The third-order valence-electron chi connectivity index (χ3n) is 3.64. The first kappa shape index (κ1) is 16.2. The molecule has 1 aromatic carbocycles. The summed E-state index contributed by atoms with van der Waals surface area (Å²) >= 11 is 0. The van der Waals surface area contributed by atoms with Crippen LogP contribution in [0, 0.1) is 0 Å². The van der Waals surface area contributed by atoms with Crippen molar-refractivity contribution in [2.24, 2.45) is 0 Å². The van der Waals surface area contributed by atoms with Crippen LogP contribution >= 0.6 is 0 Å². The molecule has 0 saturated carbocycles. The smallest absolute Gasteiger partial charge is 0.211 e. The molecular formula is C16H24N2O2S. The normalized spacial score (nSPS) is 17.7. The molecule has 2 rings (SSSR count). The number of nitrogens with zero attached hydrogens (tertiary/aromatic N) is 2. The number of hydrogen-bond donors (Lipinski definition) is 0. The summed E-state index contributed by atoms with van der Waals surface area (Å²) in [5.74, 6) is 0. The average Bonchev–Trinajstić information content (AvgIpc) is 2.40. The SMILES string of the molecule is CC(C)=Cc1ccc(CN2CCN(S(C)(=O)=O)CC2)cc1. The van der Waals surface area contributed by atoms with Gasteiger partial charge in [-0.15, -0.1) is 0 Å². The molecule has 116 valence electrons. The van der Waals surface area contributed by atoms with E-state index in [4.69, 9.17) is 0 Å². The number of hydrogen-bond acceptors (Lipinski definition) is 3. The standard InChI is InChI=1S/C16H24N2O2S/c1-14(2)12-15-4-6-16(7-5-15)13-17-8-10-18(11-9-17)21(3,19)20/h4-7,12H,8-11,13H2,1-3H3. The molecule has 0 unspecified atom stereocenters. The molecule has 0 atom stereocenters. The second-order valence-corrected chi connectivity index (χ2v) is 7.88. The van der Waals surface area contributed by atoms with Crippen molar-refractivity contribution in [1.82, 2.24) is 9.21 Å². The number of piperazine rings is 1. The minimum atomic E-state index is -3.04. The van der Waals surface area contributed by atoms with Crippen molar-refractivity contribution in [3.8, 4) is 0 Å². The third kappa shape index (κ3) is 4.95. The highest BCUT2D eigenvalue weighted by Crippen LogP contribution is 2.13. The van der Waals surface area contributed by atoms with Crippen LogP contribution < -0.4 is 0 Å². The second-order valence-electron chi connectivity index (χ2n) is 5.90. The van der Waals surface area contributed by atoms with Crippen LogP contribution in [-0.2, 0) is 16.6 Å². The molecule has 5 heteroatoms. The van der Waals surface area contributed by atoms with Crippen molar-refractivity contribution >= 4 is 16.1 Å². The predicted molar refractivity (Wildman–Crippen MR) is 87.5 cm³/mol. The van der Waals surface area contributed by atoms with E-state index in [-0.39, 0.29) is 0 Å². The predicted octanol–water partition coefficient (Wildman–Crippen LogP) is 2.19. The second kappa shape index (κ2) is 6.73. The Morgan fingerprint density at radius 3 is 2.14 bits per heavy atom. The number of rotatable bonds is 4. The molecule has 0 aliphatic carbocycles. The molecule has 0 aromatic heterocycles. The van der Waals surface area contributed by atoms with Gasteiger partial charge in [-0.25, -0.2) is 8.42 Å². The fourth-order valence-electron chi connectivity index (χ4n) is 2.53. The fourth-order valence-corrected chi connectivity index (χ4v) is 3.36. The van der Waals surface area contributed by atoms with E-state index in [0.29, 0.717) is 13.1 Å². The summed E-state index contributed by atoms with van der Waals surface area (Å²) in [7, 11) is -3.04. The van der Waals surface area contributed by atoms with E-state index in [1.54, 1.807) is 4.31 Å². The Labute approximate surface area is 128 Å². The third-order valence-corrected chi connectivity index (χ3v) is 4.94. The lowest BCUT2D eigenvalue weighted by molar-refractivity contribution is 0.182. The fraction of sp³-hybridized carbons (Fsp3) is 0.500. The first-order chi connectivity index (χ1) is 9.84. The van der Waals surface area contributed by atoms with Gasteiger partial charge in [-0.05, 0) is 25.0 Å². The molecule has 0 N–H and O–H groups in total. The molecular weight excluding hydrogens is 284 g/mol. The van der Waals surface area contributed by atoms with Crippen LogP contribution in [0.4, 0.5) is 0 Å². The van der Waals surface area contributed by atoms with Crippen molar-refractivity contribution in [3.05, 3.63) is 41.0 Å². The zero-order valence-electron chi connectivity index (χ0n) is 13.0. The van der Waals surface area contributed by atoms with Gasteiger partial charge >= 0.3 is 0 Å². The zero-order chi connectivity index (χ0) is 15.5. The van der Waals surface area contributed by atoms with Crippen LogP contribution in [0.3, 0.4) is 0 Å². The van der Waals surface area contributed by atoms with Gasteiger partial charge in [0.2, 0.25) is 10.0 Å². The Bertz CT molecular complexity index is 594. The summed E-state index contributed by atoms with van der Waals surface area (Å²) in [4.78, 5) is 2.30. The van der Waals surface area contributed by atoms with Crippen LogP contribution in [0.2, 0.25) is 0 Å². The molecule has 1 aliphatic heterocycles. The minimum absolute atomic E-state index is 0.592. The summed E-state index contributed by atoms with van der Waals surface area (Å²) in [5.41, 5.74) is 3.79. The Hall–Kier alpha value is -1.17. The van der Waals surface area contributed by atoms with Gasteiger partial charge in [0.05, 0.1) is 6.26 Å². The van der Waals surface area contributed by atoms with Gasteiger partial charge in [-0.2, -0.15) is 4.31 Å². The maximum absolute atomic E-state index is 11.5. The van der Waals surface area contributed by atoms with E-state index in [9.17, 15) is 8.42 Å². The quantitative estimate of drug-likeness (QED) is 0.856. The molecule has 4 nitrogen and oxygen atoms in total. The molecule has 0 radical (unpaired) electrons. The van der Waals surface area contributed by atoms with Gasteiger partial charge in [0.1, 0.15) is 0 Å². The molecule has 0 bridgehead atoms. The average molecular weight is 308 g/mol. The van der Waals surface area contributed by atoms with Crippen molar-refractivity contribution < 1.29 is 8.42 Å². The van der Waals surface area contributed by atoms with Gasteiger partial charge < -0.3 is 0 Å². The van der Waals surface area contributed by atoms with Gasteiger partial charge in [-0.3, -0.25) is 4.90 Å². The van der Waals surface area contributed by atoms with E-state index >= 15 is 0 Å². The van der Waals surface area contributed by atoms with Crippen LogP contribution in [0.15, 0.2) is 29.8 Å². The van der Waals surface area contributed by atoms with E-state index in [1.807, 2.05) is 0 Å².